The summed E-state index contributed by atoms with van der Waals surface area (Å²) in [6.07, 6.45) is 0. The van der Waals surface area contributed by atoms with Crippen molar-refractivity contribution in [1.82, 2.24) is 0 Å². The van der Waals surface area contributed by atoms with Crippen LogP contribution in [0.15, 0.2) is 51.8 Å². The van der Waals surface area contributed by atoms with Crippen LogP contribution in [0, 0.1) is 5.92 Å². The molecule has 25 heavy (non-hydrogen) atoms. The molecule has 1 amide bonds. The van der Waals surface area contributed by atoms with Gasteiger partial charge in [-0.15, -0.1) is 0 Å². The predicted octanol–water partition coefficient (Wildman–Crippen LogP) is 3.85. The maximum atomic E-state index is 12.5. The smallest absolute Gasteiger partial charge is 0.261 e. The minimum Gasteiger partial charge on any atom is -0.496 e. The molecule has 2 aromatic rings. The van der Waals surface area contributed by atoms with Crippen LogP contribution in [-0.4, -0.2) is 21.4 Å². The summed E-state index contributed by atoms with van der Waals surface area (Å²) < 4.78 is 33.1. The van der Waals surface area contributed by atoms with Crippen LogP contribution in [0.25, 0.3) is 0 Å². The Bertz CT molecular complexity index is 865. The van der Waals surface area contributed by atoms with E-state index in [4.69, 9.17) is 4.74 Å². The van der Waals surface area contributed by atoms with Crippen molar-refractivity contribution in [3.05, 3.63) is 46.9 Å². The monoisotopic (exact) mass is 426 g/mol. The molecular weight excluding hydrogens is 408 g/mol. The van der Waals surface area contributed by atoms with Gasteiger partial charge in [-0.2, -0.15) is 0 Å². The SMILES string of the molecule is COc1ccc(S(=O)(=O)Nc2ccc(NC(=O)C(C)C)cc2)cc1Br. The molecule has 2 rings (SSSR count). The largest absolute Gasteiger partial charge is 0.496 e. The van der Waals surface area contributed by atoms with E-state index in [9.17, 15) is 13.2 Å². The van der Waals surface area contributed by atoms with Crippen molar-refractivity contribution in [2.24, 2.45) is 5.92 Å². The number of hydrogen-bond acceptors (Lipinski definition) is 4. The van der Waals surface area contributed by atoms with Crippen molar-refractivity contribution in [2.45, 2.75) is 18.7 Å². The van der Waals surface area contributed by atoms with E-state index in [2.05, 4.69) is 26.0 Å². The Hall–Kier alpha value is -2.06. The molecule has 0 fully saturated rings. The van der Waals surface area contributed by atoms with E-state index in [0.717, 1.165) is 0 Å². The molecule has 0 aliphatic heterocycles. The van der Waals surface area contributed by atoms with E-state index >= 15 is 0 Å². The molecule has 0 atom stereocenters. The van der Waals surface area contributed by atoms with E-state index < -0.39 is 10.0 Å². The van der Waals surface area contributed by atoms with Gasteiger partial charge in [0.1, 0.15) is 5.75 Å². The number of nitrogens with one attached hydrogen (secondary N) is 2. The van der Waals surface area contributed by atoms with Gasteiger partial charge < -0.3 is 10.1 Å². The highest BCUT2D eigenvalue weighted by Crippen LogP contribution is 2.28. The number of amides is 1. The molecule has 0 spiro atoms. The third-order valence-electron chi connectivity index (χ3n) is 3.36. The van der Waals surface area contributed by atoms with E-state index in [0.29, 0.717) is 21.6 Å². The summed E-state index contributed by atoms with van der Waals surface area (Å²) >= 11 is 3.27. The summed E-state index contributed by atoms with van der Waals surface area (Å²) in [4.78, 5) is 11.8. The van der Waals surface area contributed by atoms with Crippen molar-refractivity contribution in [3.63, 3.8) is 0 Å². The average molecular weight is 427 g/mol. The molecular formula is C17H19BrN2O4S. The Morgan fingerprint density at radius 3 is 2.20 bits per heavy atom. The van der Waals surface area contributed by atoms with Gasteiger partial charge in [-0.05, 0) is 58.4 Å². The summed E-state index contributed by atoms with van der Waals surface area (Å²) in [6, 6.07) is 11.0. The lowest BCUT2D eigenvalue weighted by atomic mass is 10.2. The fourth-order valence-electron chi connectivity index (χ4n) is 1.94. The molecule has 8 heteroatoms. The quantitative estimate of drug-likeness (QED) is 0.734. The first-order chi connectivity index (χ1) is 11.7. The lowest BCUT2D eigenvalue weighted by Crippen LogP contribution is -2.17. The number of halogens is 1. The summed E-state index contributed by atoms with van der Waals surface area (Å²) in [5.41, 5.74) is 1.00. The zero-order valence-electron chi connectivity index (χ0n) is 14.0. The van der Waals surface area contributed by atoms with Gasteiger partial charge in [0, 0.05) is 17.3 Å². The summed E-state index contributed by atoms with van der Waals surface area (Å²) in [5.74, 6) is 0.312. The fraction of sp³-hybridized carbons (Fsp3) is 0.235. The number of sulfonamides is 1. The first kappa shape index (κ1) is 19.3. The average Bonchev–Trinajstić information content (AvgIpc) is 2.56. The molecule has 6 nitrogen and oxygen atoms in total. The van der Waals surface area contributed by atoms with Crippen LogP contribution in [0.3, 0.4) is 0 Å². The minimum absolute atomic E-state index is 0.101. The molecule has 2 aromatic carbocycles. The topological polar surface area (TPSA) is 84.5 Å². The zero-order valence-corrected chi connectivity index (χ0v) is 16.4. The van der Waals surface area contributed by atoms with Crippen LogP contribution >= 0.6 is 15.9 Å². The number of anilines is 2. The standard InChI is InChI=1S/C17H19BrN2O4S/c1-11(2)17(21)19-12-4-6-13(7-5-12)20-25(22,23)14-8-9-16(24-3)15(18)10-14/h4-11,20H,1-3H3,(H,19,21). The van der Waals surface area contributed by atoms with Crippen molar-refractivity contribution in [2.75, 3.05) is 17.1 Å². The Morgan fingerprint density at radius 1 is 1.08 bits per heavy atom. The van der Waals surface area contributed by atoms with Gasteiger partial charge in [0.15, 0.2) is 0 Å². The van der Waals surface area contributed by atoms with Gasteiger partial charge in [-0.25, -0.2) is 8.42 Å². The normalized spacial score (nSPS) is 11.2. The molecule has 0 saturated heterocycles. The zero-order chi connectivity index (χ0) is 18.6. The molecule has 0 aliphatic carbocycles. The molecule has 0 radical (unpaired) electrons. The molecule has 2 N–H and O–H groups in total. The number of benzene rings is 2. The third-order valence-corrected chi connectivity index (χ3v) is 5.36. The second kappa shape index (κ2) is 7.88. The molecule has 134 valence electrons. The summed E-state index contributed by atoms with van der Waals surface area (Å²) in [7, 11) is -2.23. The second-order valence-electron chi connectivity index (χ2n) is 5.62. The van der Waals surface area contributed by atoms with Crippen molar-refractivity contribution >= 4 is 43.2 Å². The van der Waals surface area contributed by atoms with Crippen molar-refractivity contribution in [3.8, 4) is 5.75 Å². The number of rotatable bonds is 6. The first-order valence-corrected chi connectivity index (χ1v) is 9.78. The predicted molar refractivity (Wildman–Crippen MR) is 101 cm³/mol. The lowest BCUT2D eigenvalue weighted by Gasteiger charge is -2.11. The van der Waals surface area contributed by atoms with Crippen LogP contribution < -0.4 is 14.8 Å². The third kappa shape index (κ3) is 4.96. The lowest BCUT2D eigenvalue weighted by molar-refractivity contribution is -0.118. The molecule has 0 saturated carbocycles. The van der Waals surface area contributed by atoms with Crippen LogP contribution in [0.1, 0.15) is 13.8 Å². The second-order valence-corrected chi connectivity index (χ2v) is 8.16. The minimum atomic E-state index is -3.73. The highest BCUT2D eigenvalue weighted by Gasteiger charge is 2.16. The molecule has 0 aliphatic rings. The Labute approximate surface area is 155 Å². The summed E-state index contributed by atoms with van der Waals surface area (Å²) in [5, 5.41) is 2.75. The molecule has 0 unspecified atom stereocenters. The maximum Gasteiger partial charge on any atom is 0.261 e. The van der Waals surface area contributed by atoms with Crippen LogP contribution in [0.5, 0.6) is 5.75 Å². The van der Waals surface area contributed by atoms with Crippen LogP contribution in [0.4, 0.5) is 11.4 Å². The Balaban J connectivity index is 2.15. The van der Waals surface area contributed by atoms with Crippen molar-refractivity contribution in [1.29, 1.82) is 0 Å². The first-order valence-electron chi connectivity index (χ1n) is 7.50. The number of hydrogen-bond donors (Lipinski definition) is 2. The highest BCUT2D eigenvalue weighted by atomic mass is 79.9. The van der Waals surface area contributed by atoms with E-state index in [1.165, 1.54) is 19.2 Å². The van der Waals surface area contributed by atoms with Gasteiger partial charge in [-0.3, -0.25) is 9.52 Å². The highest BCUT2D eigenvalue weighted by molar-refractivity contribution is 9.10. The van der Waals surface area contributed by atoms with Crippen LogP contribution in [-0.2, 0) is 14.8 Å². The van der Waals surface area contributed by atoms with Gasteiger partial charge in [0.25, 0.3) is 10.0 Å². The molecule has 0 heterocycles. The maximum absolute atomic E-state index is 12.5. The fourth-order valence-corrected chi connectivity index (χ4v) is 3.71. The molecule has 0 bridgehead atoms. The number of carbonyl (C=O) groups excluding carboxylic acids is 1. The number of ether oxygens (including phenoxy) is 1. The van der Waals surface area contributed by atoms with E-state index in [1.807, 2.05) is 0 Å². The van der Waals surface area contributed by atoms with E-state index in [1.54, 1.807) is 44.2 Å². The van der Waals surface area contributed by atoms with Gasteiger partial charge >= 0.3 is 0 Å². The summed E-state index contributed by atoms with van der Waals surface area (Å²) in [6.45, 7) is 3.59. The van der Waals surface area contributed by atoms with E-state index in [-0.39, 0.29) is 16.7 Å². The number of methoxy groups -OCH3 is 1. The van der Waals surface area contributed by atoms with Gasteiger partial charge in [-0.1, -0.05) is 13.8 Å². The molecule has 0 aromatic heterocycles. The van der Waals surface area contributed by atoms with Gasteiger partial charge in [0.2, 0.25) is 5.91 Å². The number of carbonyl (C=O) groups is 1. The van der Waals surface area contributed by atoms with Crippen LogP contribution in [0.2, 0.25) is 0 Å². The Kier molecular flexibility index (Phi) is 6.07. The van der Waals surface area contributed by atoms with Gasteiger partial charge in [0.05, 0.1) is 16.5 Å². The van der Waals surface area contributed by atoms with Crippen molar-refractivity contribution < 1.29 is 17.9 Å². The Morgan fingerprint density at radius 2 is 1.68 bits per heavy atom.